The number of carbonyl (C=O) groups excluding carboxylic acids is 1. The highest BCUT2D eigenvalue weighted by atomic mass is 16.3. The van der Waals surface area contributed by atoms with Crippen molar-refractivity contribution in [3.8, 4) is 0 Å². The Morgan fingerprint density at radius 1 is 1.24 bits per heavy atom. The summed E-state index contributed by atoms with van der Waals surface area (Å²) < 4.78 is 0. The van der Waals surface area contributed by atoms with Gasteiger partial charge in [0.15, 0.2) is 0 Å². The van der Waals surface area contributed by atoms with Gasteiger partial charge in [-0.1, -0.05) is 6.92 Å². The van der Waals surface area contributed by atoms with Gasteiger partial charge in [-0.25, -0.2) is 0 Å². The average Bonchev–Trinajstić information content (AvgIpc) is 2.16. The summed E-state index contributed by atoms with van der Waals surface area (Å²) in [7, 11) is 0. The van der Waals surface area contributed by atoms with Crippen molar-refractivity contribution in [3.05, 3.63) is 0 Å². The molecule has 0 fully saturated rings. The Labute approximate surface area is 105 Å². The number of hydrogen-bond acceptors (Lipinski definition) is 3. The van der Waals surface area contributed by atoms with Crippen molar-refractivity contribution >= 4 is 5.91 Å². The first-order valence-electron chi connectivity index (χ1n) is 6.29. The first-order valence-corrected chi connectivity index (χ1v) is 6.29. The van der Waals surface area contributed by atoms with Crippen molar-refractivity contribution in [1.82, 2.24) is 10.6 Å². The van der Waals surface area contributed by atoms with Crippen LogP contribution in [0.3, 0.4) is 0 Å². The van der Waals surface area contributed by atoms with E-state index in [1.54, 1.807) is 6.92 Å². The quantitative estimate of drug-likeness (QED) is 0.662. The monoisotopic (exact) mass is 244 g/mol. The van der Waals surface area contributed by atoms with Crippen LogP contribution in [0, 0.1) is 0 Å². The lowest BCUT2D eigenvalue weighted by Crippen LogP contribution is -2.58. The Bertz CT molecular complexity index is 260. The molecule has 0 saturated heterocycles. The van der Waals surface area contributed by atoms with Gasteiger partial charge in [-0.05, 0) is 48.0 Å². The molecule has 0 aliphatic rings. The van der Waals surface area contributed by atoms with Gasteiger partial charge in [-0.2, -0.15) is 0 Å². The molecule has 2 atom stereocenters. The molecule has 0 aliphatic heterocycles. The second kappa shape index (κ2) is 5.83. The van der Waals surface area contributed by atoms with Crippen LogP contribution in [0.15, 0.2) is 0 Å². The van der Waals surface area contributed by atoms with Gasteiger partial charge in [0.05, 0.1) is 12.1 Å². The van der Waals surface area contributed by atoms with E-state index >= 15 is 0 Å². The smallest absolute Gasteiger partial charge is 0.237 e. The molecule has 0 radical (unpaired) electrons. The summed E-state index contributed by atoms with van der Waals surface area (Å²) in [5, 5.41) is 15.7. The van der Waals surface area contributed by atoms with Gasteiger partial charge >= 0.3 is 0 Å². The van der Waals surface area contributed by atoms with Crippen LogP contribution in [0.2, 0.25) is 0 Å². The van der Waals surface area contributed by atoms with Crippen LogP contribution in [0.25, 0.3) is 0 Å². The van der Waals surface area contributed by atoms with Gasteiger partial charge < -0.3 is 10.4 Å². The number of rotatable bonds is 6. The Balaban J connectivity index is 4.43. The van der Waals surface area contributed by atoms with Gasteiger partial charge in [0.2, 0.25) is 5.91 Å². The number of amides is 1. The second-order valence-electron chi connectivity index (χ2n) is 5.99. The van der Waals surface area contributed by atoms with Crippen LogP contribution in [-0.4, -0.2) is 34.2 Å². The van der Waals surface area contributed by atoms with E-state index in [0.29, 0.717) is 0 Å². The molecule has 17 heavy (non-hydrogen) atoms. The fourth-order valence-electron chi connectivity index (χ4n) is 1.27. The minimum Gasteiger partial charge on any atom is -0.392 e. The maximum atomic E-state index is 12.0. The maximum Gasteiger partial charge on any atom is 0.237 e. The zero-order valence-electron chi connectivity index (χ0n) is 12.2. The summed E-state index contributed by atoms with van der Waals surface area (Å²) in [4.78, 5) is 12.0. The normalized spacial score (nSPS) is 16.5. The van der Waals surface area contributed by atoms with Crippen molar-refractivity contribution < 1.29 is 9.90 Å². The predicted octanol–water partition coefficient (Wildman–Crippen LogP) is 1.43. The number of carbonyl (C=O) groups is 1. The molecule has 0 aromatic heterocycles. The standard InChI is InChI=1S/C13H28N2O2/c1-8-12(4,5)15-11(17)9(2)14-13(6,7)10(3)16/h9-10,14,16H,8H2,1-7H3,(H,15,17). The van der Waals surface area contributed by atoms with Crippen molar-refractivity contribution in [2.45, 2.75) is 78.1 Å². The van der Waals surface area contributed by atoms with Crippen LogP contribution in [-0.2, 0) is 4.79 Å². The molecule has 0 aromatic carbocycles. The van der Waals surface area contributed by atoms with E-state index in [0.717, 1.165) is 6.42 Å². The molecule has 4 heteroatoms. The molecule has 1 amide bonds. The summed E-state index contributed by atoms with van der Waals surface area (Å²) in [5.74, 6) is -0.0365. The van der Waals surface area contributed by atoms with Crippen LogP contribution in [0.1, 0.15) is 54.9 Å². The van der Waals surface area contributed by atoms with Crippen LogP contribution < -0.4 is 10.6 Å². The van der Waals surface area contributed by atoms with E-state index in [9.17, 15) is 9.90 Å². The number of nitrogens with one attached hydrogen (secondary N) is 2. The fourth-order valence-corrected chi connectivity index (χ4v) is 1.27. The second-order valence-corrected chi connectivity index (χ2v) is 5.99. The molecule has 0 bridgehead atoms. The Kier molecular flexibility index (Phi) is 5.62. The predicted molar refractivity (Wildman–Crippen MR) is 70.9 cm³/mol. The van der Waals surface area contributed by atoms with Crippen LogP contribution in [0.5, 0.6) is 0 Å². The molecule has 0 heterocycles. The van der Waals surface area contributed by atoms with E-state index in [1.807, 2.05) is 41.5 Å². The largest absolute Gasteiger partial charge is 0.392 e. The summed E-state index contributed by atoms with van der Waals surface area (Å²) in [6.45, 7) is 13.3. The van der Waals surface area contributed by atoms with Crippen molar-refractivity contribution in [2.75, 3.05) is 0 Å². The van der Waals surface area contributed by atoms with Gasteiger partial charge in [0, 0.05) is 11.1 Å². The number of hydrogen-bond donors (Lipinski definition) is 3. The number of aliphatic hydroxyl groups is 1. The van der Waals surface area contributed by atoms with Crippen molar-refractivity contribution in [3.63, 3.8) is 0 Å². The molecule has 2 unspecified atom stereocenters. The van der Waals surface area contributed by atoms with E-state index in [2.05, 4.69) is 10.6 Å². The minimum atomic E-state index is -0.517. The van der Waals surface area contributed by atoms with E-state index in [1.165, 1.54) is 0 Å². The maximum absolute atomic E-state index is 12.0. The third-order valence-electron chi connectivity index (χ3n) is 3.37. The molecule has 0 aromatic rings. The Morgan fingerprint density at radius 3 is 2.06 bits per heavy atom. The first-order chi connectivity index (χ1) is 7.52. The third kappa shape index (κ3) is 5.50. The average molecular weight is 244 g/mol. The lowest BCUT2D eigenvalue weighted by atomic mass is 9.97. The van der Waals surface area contributed by atoms with Crippen LogP contribution >= 0.6 is 0 Å². The Morgan fingerprint density at radius 2 is 1.71 bits per heavy atom. The molecule has 0 rings (SSSR count). The third-order valence-corrected chi connectivity index (χ3v) is 3.37. The summed E-state index contributed by atoms with van der Waals surface area (Å²) in [6.07, 6.45) is 0.363. The van der Waals surface area contributed by atoms with Gasteiger partial charge in [-0.15, -0.1) is 0 Å². The molecule has 0 saturated carbocycles. The highest BCUT2D eigenvalue weighted by molar-refractivity contribution is 5.82. The molecular weight excluding hydrogens is 216 g/mol. The van der Waals surface area contributed by atoms with Crippen molar-refractivity contribution in [1.29, 1.82) is 0 Å². The van der Waals surface area contributed by atoms with E-state index in [-0.39, 0.29) is 17.5 Å². The summed E-state index contributed by atoms with van der Waals surface area (Å²) in [5.41, 5.74) is -0.672. The molecule has 0 aliphatic carbocycles. The van der Waals surface area contributed by atoms with E-state index in [4.69, 9.17) is 0 Å². The molecule has 102 valence electrons. The zero-order valence-corrected chi connectivity index (χ0v) is 12.2. The molecule has 4 nitrogen and oxygen atoms in total. The SMILES string of the molecule is CCC(C)(C)NC(=O)C(C)NC(C)(C)C(C)O. The van der Waals surface area contributed by atoms with Gasteiger partial charge in [-0.3, -0.25) is 10.1 Å². The first kappa shape index (κ1) is 16.4. The summed E-state index contributed by atoms with van der Waals surface area (Å²) in [6, 6.07) is -0.328. The van der Waals surface area contributed by atoms with Crippen molar-refractivity contribution in [2.24, 2.45) is 0 Å². The lowest BCUT2D eigenvalue weighted by Gasteiger charge is -2.34. The molecule has 0 spiro atoms. The highest BCUT2D eigenvalue weighted by Crippen LogP contribution is 2.11. The van der Waals surface area contributed by atoms with Crippen LogP contribution in [0.4, 0.5) is 0 Å². The van der Waals surface area contributed by atoms with E-state index < -0.39 is 11.6 Å². The lowest BCUT2D eigenvalue weighted by molar-refractivity contribution is -0.125. The molecule has 3 N–H and O–H groups in total. The van der Waals surface area contributed by atoms with Gasteiger partial charge in [0.25, 0.3) is 0 Å². The topological polar surface area (TPSA) is 61.4 Å². The Hall–Kier alpha value is -0.610. The minimum absolute atomic E-state index is 0.0365. The zero-order chi connectivity index (χ0) is 13.9. The highest BCUT2D eigenvalue weighted by Gasteiger charge is 2.29. The molecular formula is C13H28N2O2. The summed E-state index contributed by atoms with van der Waals surface area (Å²) >= 11 is 0. The fraction of sp³-hybridized carbons (Fsp3) is 0.923. The van der Waals surface area contributed by atoms with Gasteiger partial charge in [0.1, 0.15) is 0 Å². The number of aliphatic hydroxyl groups excluding tert-OH is 1.